The van der Waals surface area contributed by atoms with Gasteiger partial charge in [0.1, 0.15) is 5.75 Å². The maximum atomic E-state index is 12.9. The van der Waals surface area contributed by atoms with Crippen LogP contribution in [0.25, 0.3) is 5.69 Å². The molecule has 7 nitrogen and oxygen atoms in total. The molecular formula is C23H23ClN4O3. The van der Waals surface area contributed by atoms with Gasteiger partial charge in [-0.05, 0) is 35.9 Å². The van der Waals surface area contributed by atoms with Gasteiger partial charge < -0.3 is 14.5 Å². The number of aromatic nitrogens is 2. The van der Waals surface area contributed by atoms with E-state index in [0.717, 1.165) is 17.0 Å². The van der Waals surface area contributed by atoms with E-state index in [-0.39, 0.29) is 11.8 Å². The Bertz CT molecular complexity index is 1090. The summed E-state index contributed by atoms with van der Waals surface area (Å²) in [6, 6.07) is 14.8. The molecule has 160 valence electrons. The van der Waals surface area contributed by atoms with Gasteiger partial charge in [-0.15, -0.1) is 0 Å². The number of benzene rings is 2. The predicted molar refractivity (Wildman–Crippen MR) is 118 cm³/mol. The SMILES string of the molecule is COc1cccc(CC(=O)N2CCN(C(=O)c3cnn(-c4cccc(Cl)c4)c3)CC2)c1. The number of methoxy groups -OCH3 is 1. The Hall–Kier alpha value is -3.32. The second kappa shape index (κ2) is 9.22. The zero-order valence-corrected chi connectivity index (χ0v) is 18.0. The van der Waals surface area contributed by atoms with E-state index in [9.17, 15) is 9.59 Å². The second-order valence-electron chi connectivity index (χ2n) is 7.35. The smallest absolute Gasteiger partial charge is 0.257 e. The average molecular weight is 439 g/mol. The van der Waals surface area contributed by atoms with E-state index in [2.05, 4.69) is 5.10 Å². The molecule has 3 aromatic rings. The molecule has 4 rings (SSSR count). The van der Waals surface area contributed by atoms with Crippen LogP contribution in [0, 0.1) is 0 Å². The lowest BCUT2D eigenvalue weighted by Gasteiger charge is -2.34. The third-order valence-corrected chi connectivity index (χ3v) is 5.55. The molecule has 0 spiro atoms. The number of carbonyl (C=O) groups excluding carboxylic acids is 2. The zero-order valence-electron chi connectivity index (χ0n) is 17.2. The Morgan fingerprint density at radius 1 is 1.03 bits per heavy atom. The van der Waals surface area contributed by atoms with Gasteiger partial charge in [-0.1, -0.05) is 29.8 Å². The molecule has 0 unspecified atom stereocenters. The molecule has 0 saturated carbocycles. The fourth-order valence-electron chi connectivity index (χ4n) is 3.60. The molecule has 8 heteroatoms. The van der Waals surface area contributed by atoms with Gasteiger partial charge in [0.05, 0.1) is 31.0 Å². The molecule has 2 heterocycles. The van der Waals surface area contributed by atoms with Crippen LogP contribution in [0.1, 0.15) is 15.9 Å². The lowest BCUT2D eigenvalue weighted by Crippen LogP contribution is -2.50. The standard InChI is InChI=1S/C23H23ClN4O3/c1-31-21-7-2-4-17(12-21)13-22(29)26-8-10-27(11-9-26)23(30)18-15-25-28(16-18)20-6-3-5-19(24)14-20/h2-7,12,14-16H,8-11,13H2,1H3. The Morgan fingerprint density at radius 3 is 2.52 bits per heavy atom. The number of nitrogens with zero attached hydrogens (tertiary/aromatic N) is 4. The molecule has 1 saturated heterocycles. The van der Waals surface area contributed by atoms with Crippen LogP contribution in [0.5, 0.6) is 5.75 Å². The van der Waals surface area contributed by atoms with Crippen molar-refractivity contribution in [1.29, 1.82) is 0 Å². The quantitative estimate of drug-likeness (QED) is 0.614. The maximum Gasteiger partial charge on any atom is 0.257 e. The van der Waals surface area contributed by atoms with Crippen LogP contribution >= 0.6 is 11.6 Å². The molecule has 0 radical (unpaired) electrons. The molecule has 0 aliphatic carbocycles. The number of hydrogen-bond acceptors (Lipinski definition) is 4. The van der Waals surface area contributed by atoms with Crippen LogP contribution in [-0.4, -0.2) is 64.7 Å². The Labute approximate surface area is 185 Å². The third-order valence-electron chi connectivity index (χ3n) is 5.31. The van der Waals surface area contributed by atoms with E-state index < -0.39 is 0 Å². The molecule has 2 amide bonds. The summed E-state index contributed by atoms with van der Waals surface area (Å²) in [7, 11) is 1.61. The van der Waals surface area contributed by atoms with Crippen LogP contribution in [0.3, 0.4) is 0 Å². The highest BCUT2D eigenvalue weighted by Crippen LogP contribution is 2.17. The minimum Gasteiger partial charge on any atom is -0.497 e. The fourth-order valence-corrected chi connectivity index (χ4v) is 3.79. The fraction of sp³-hybridized carbons (Fsp3) is 0.261. The number of halogens is 1. The molecule has 1 aliphatic heterocycles. The summed E-state index contributed by atoms with van der Waals surface area (Å²) < 4.78 is 6.85. The van der Waals surface area contributed by atoms with Crippen molar-refractivity contribution in [3.63, 3.8) is 0 Å². The van der Waals surface area contributed by atoms with Crippen LogP contribution in [0.4, 0.5) is 0 Å². The molecule has 1 aliphatic rings. The average Bonchev–Trinajstić information content (AvgIpc) is 3.29. The largest absolute Gasteiger partial charge is 0.497 e. The lowest BCUT2D eigenvalue weighted by atomic mass is 10.1. The van der Waals surface area contributed by atoms with Crippen molar-refractivity contribution in [1.82, 2.24) is 19.6 Å². The van der Waals surface area contributed by atoms with E-state index in [1.165, 1.54) is 0 Å². The van der Waals surface area contributed by atoms with Crippen molar-refractivity contribution in [2.45, 2.75) is 6.42 Å². The van der Waals surface area contributed by atoms with Crippen molar-refractivity contribution >= 4 is 23.4 Å². The van der Waals surface area contributed by atoms with Gasteiger partial charge in [0.15, 0.2) is 0 Å². The summed E-state index contributed by atoms with van der Waals surface area (Å²) in [5.41, 5.74) is 2.21. The number of ether oxygens (including phenoxy) is 1. The summed E-state index contributed by atoms with van der Waals surface area (Å²) in [6.07, 6.45) is 3.58. The van der Waals surface area contributed by atoms with Gasteiger partial charge >= 0.3 is 0 Å². The van der Waals surface area contributed by atoms with Gasteiger partial charge in [-0.2, -0.15) is 5.10 Å². The topological polar surface area (TPSA) is 67.7 Å². The Morgan fingerprint density at radius 2 is 1.77 bits per heavy atom. The molecule has 31 heavy (non-hydrogen) atoms. The lowest BCUT2D eigenvalue weighted by molar-refractivity contribution is -0.131. The molecule has 0 N–H and O–H groups in total. The number of rotatable bonds is 5. The normalized spacial score (nSPS) is 13.9. The van der Waals surface area contributed by atoms with E-state index in [4.69, 9.17) is 16.3 Å². The summed E-state index contributed by atoms with van der Waals surface area (Å²) in [5.74, 6) is 0.696. The van der Waals surface area contributed by atoms with Crippen molar-refractivity contribution < 1.29 is 14.3 Å². The molecular weight excluding hydrogens is 416 g/mol. The first-order chi connectivity index (χ1) is 15.0. The number of carbonyl (C=O) groups is 2. The number of amides is 2. The highest BCUT2D eigenvalue weighted by atomic mass is 35.5. The molecule has 0 atom stereocenters. The second-order valence-corrected chi connectivity index (χ2v) is 7.79. The molecule has 1 aromatic heterocycles. The van der Waals surface area contributed by atoms with Crippen molar-refractivity contribution in [3.05, 3.63) is 77.1 Å². The summed E-state index contributed by atoms with van der Waals surface area (Å²) in [4.78, 5) is 29.1. The first-order valence-corrected chi connectivity index (χ1v) is 10.4. The molecule has 0 bridgehead atoms. The van der Waals surface area contributed by atoms with Gasteiger partial charge in [-0.3, -0.25) is 9.59 Å². The molecule has 2 aromatic carbocycles. The first-order valence-electron chi connectivity index (χ1n) is 10.0. The highest BCUT2D eigenvalue weighted by Gasteiger charge is 2.25. The minimum absolute atomic E-state index is 0.0501. The van der Waals surface area contributed by atoms with E-state index >= 15 is 0 Å². The highest BCUT2D eigenvalue weighted by molar-refractivity contribution is 6.30. The van der Waals surface area contributed by atoms with Crippen molar-refractivity contribution in [3.8, 4) is 11.4 Å². The van der Waals surface area contributed by atoms with Crippen molar-refractivity contribution in [2.24, 2.45) is 0 Å². The molecule has 1 fully saturated rings. The number of piperazine rings is 1. The summed E-state index contributed by atoms with van der Waals surface area (Å²) in [5, 5.41) is 4.89. The number of hydrogen-bond donors (Lipinski definition) is 0. The van der Waals surface area contributed by atoms with Crippen LogP contribution in [0.15, 0.2) is 60.9 Å². The predicted octanol–water partition coefficient (Wildman–Crippen LogP) is 3.06. The summed E-state index contributed by atoms with van der Waals surface area (Å²) >= 11 is 6.04. The van der Waals surface area contributed by atoms with Gasteiger partial charge in [0.2, 0.25) is 5.91 Å². The van der Waals surface area contributed by atoms with E-state index in [1.54, 1.807) is 46.1 Å². The van der Waals surface area contributed by atoms with Gasteiger partial charge in [0.25, 0.3) is 5.91 Å². The van der Waals surface area contributed by atoms with Crippen molar-refractivity contribution in [2.75, 3.05) is 33.3 Å². The van der Waals surface area contributed by atoms with Crippen LogP contribution < -0.4 is 4.74 Å². The first kappa shape index (κ1) is 20.9. The van der Waals surface area contributed by atoms with Gasteiger partial charge in [-0.25, -0.2) is 4.68 Å². The monoisotopic (exact) mass is 438 g/mol. The summed E-state index contributed by atoms with van der Waals surface area (Å²) in [6.45, 7) is 2.00. The Balaban J connectivity index is 1.34. The van der Waals surface area contributed by atoms with Crippen LogP contribution in [0.2, 0.25) is 5.02 Å². The Kier molecular flexibility index (Phi) is 6.23. The maximum absolute atomic E-state index is 12.9. The van der Waals surface area contributed by atoms with E-state index in [0.29, 0.717) is 43.2 Å². The zero-order chi connectivity index (χ0) is 21.8. The third kappa shape index (κ3) is 4.88. The van der Waals surface area contributed by atoms with E-state index in [1.807, 2.05) is 36.4 Å². The van der Waals surface area contributed by atoms with Gasteiger partial charge in [0, 0.05) is 37.4 Å². The minimum atomic E-state index is -0.0897. The van der Waals surface area contributed by atoms with Crippen LogP contribution in [-0.2, 0) is 11.2 Å².